The number of hydrogen-bond acceptors (Lipinski definition) is 3. The van der Waals surface area contributed by atoms with Gasteiger partial charge < -0.3 is 14.2 Å². The Balaban J connectivity index is 2.32. The van der Waals surface area contributed by atoms with E-state index >= 15 is 0 Å². The zero-order chi connectivity index (χ0) is 17.7. The highest BCUT2D eigenvalue weighted by Gasteiger charge is 2.14. The SMILES string of the molecule is COc1ccc(C=Cc2ccc(C(C)(C)C)cc2)c(OC)c1OC. The highest BCUT2D eigenvalue weighted by atomic mass is 16.5. The highest BCUT2D eigenvalue weighted by molar-refractivity contribution is 5.75. The van der Waals surface area contributed by atoms with Gasteiger partial charge in [-0.2, -0.15) is 0 Å². The molecule has 0 saturated heterocycles. The monoisotopic (exact) mass is 326 g/mol. The van der Waals surface area contributed by atoms with Crippen molar-refractivity contribution >= 4 is 12.2 Å². The second kappa shape index (κ2) is 7.43. The molecule has 0 aromatic heterocycles. The van der Waals surface area contributed by atoms with Crippen LogP contribution in [0.2, 0.25) is 0 Å². The Bertz CT molecular complexity index is 707. The van der Waals surface area contributed by atoms with Crippen LogP contribution in [0, 0.1) is 0 Å². The lowest BCUT2D eigenvalue weighted by atomic mass is 9.87. The lowest BCUT2D eigenvalue weighted by molar-refractivity contribution is 0.324. The van der Waals surface area contributed by atoms with Crippen LogP contribution in [-0.4, -0.2) is 21.3 Å². The first-order valence-corrected chi connectivity index (χ1v) is 7.98. The molecule has 0 aliphatic carbocycles. The molecule has 0 aliphatic rings. The molecule has 2 aromatic rings. The summed E-state index contributed by atoms with van der Waals surface area (Å²) >= 11 is 0. The van der Waals surface area contributed by atoms with Crippen molar-refractivity contribution in [3.05, 3.63) is 53.1 Å². The van der Waals surface area contributed by atoms with E-state index in [0.29, 0.717) is 17.2 Å². The van der Waals surface area contributed by atoms with E-state index in [0.717, 1.165) is 11.1 Å². The molecule has 0 N–H and O–H groups in total. The van der Waals surface area contributed by atoms with Crippen molar-refractivity contribution in [1.29, 1.82) is 0 Å². The highest BCUT2D eigenvalue weighted by Crippen LogP contribution is 2.40. The fourth-order valence-electron chi connectivity index (χ4n) is 2.54. The van der Waals surface area contributed by atoms with Crippen molar-refractivity contribution < 1.29 is 14.2 Å². The van der Waals surface area contributed by atoms with Gasteiger partial charge in [-0.05, 0) is 28.7 Å². The first-order valence-electron chi connectivity index (χ1n) is 7.98. The Morgan fingerprint density at radius 2 is 1.33 bits per heavy atom. The molecule has 0 atom stereocenters. The van der Waals surface area contributed by atoms with E-state index in [1.165, 1.54) is 5.56 Å². The largest absolute Gasteiger partial charge is 0.493 e. The fourth-order valence-corrected chi connectivity index (χ4v) is 2.54. The molecule has 0 aliphatic heterocycles. The molecular formula is C21H26O3. The lowest BCUT2D eigenvalue weighted by Gasteiger charge is -2.18. The van der Waals surface area contributed by atoms with E-state index in [9.17, 15) is 0 Å². The zero-order valence-corrected chi connectivity index (χ0v) is 15.3. The van der Waals surface area contributed by atoms with Crippen molar-refractivity contribution in [2.75, 3.05) is 21.3 Å². The first kappa shape index (κ1) is 17.9. The maximum atomic E-state index is 5.51. The van der Waals surface area contributed by atoms with Gasteiger partial charge in [0.1, 0.15) is 0 Å². The van der Waals surface area contributed by atoms with Crippen LogP contribution in [0.15, 0.2) is 36.4 Å². The van der Waals surface area contributed by atoms with Gasteiger partial charge in [-0.3, -0.25) is 0 Å². The molecule has 0 amide bonds. The number of hydrogen-bond donors (Lipinski definition) is 0. The van der Waals surface area contributed by atoms with Crippen molar-refractivity contribution in [2.24, 2.45) is 0 Å². The fraction of sp³-hybridized carbons (Fsp3) is 0.333. The van der Waals surface area contributed by atoms with Gasteiger partial charge >= 0.3 is 0 Å². The summed E-state index contributed by atoms with van der Waals surface area (Å²) in [6, 6.07) is 12.4. The van der Waals surface area contributed by atoms with Crippen molar-refractivity contribution in [3.8, 4) is 17.2 Å². The summed E-state index contributed by atoms with van der Waals surface area (Å²) in [6.07, 6.45) is 4.09. The van der Waals surface area contributed by atoms with Crippen molar-refractivity contribution in [1.82, 2.24) is 0 Å². The second-order valence-electron chi connectivity index (χ2n) is 6.63. The molecule has 0 bridgehead atoms. The summed E-state index contributed by atoms with van der Waals surface area (Å²) in [5, 5.41) is 0. The smallest absolute Gasteiger partial charge is 0.203 e. The van der Waals surface area contributed by atoms with E-state index in [1.54, 1.807) is 21.3 Å². The first-order chi connectivity index (χ1) is 11.4. The Morgan fingerprint density at radius 3 is 1.83 bits per heavy atom. The third-order valence-electron chi connectivity index (χ3n) is 3.97. The maximum absolute atomic E-state index is 5.51. The van der Waals surface area contributed by atoms with Crippen LogP contribution < -0.4 is 14.2 Å². The average molecular weight is 326 g/mol. The molecule has 3 nitrogen and oxygen atoms in total. The third kappa shape index (κ3) is 3.91. The van der Waals surface area contributed by atoms with Gasteiger partial charge in [-0.1, -0.05) is 57.2 Å². The van der Waals surface area contributed by atoms with Gasteiger partial charge in [-0.15, -0.1) is 0 Å². The summed E-state index contributed by atoms with van der Waals surface area (Å²) in [5.41, 5.74) is 3.56. The van der Waals surface area contributed by atoms with Crippen LogP contribution >= 0.6 is 0 Å². The molecule has 0 heterocycles. The second-order valence-corrected chi connectivity index (χ2v) is 6.63. The summed E-state index contributed by atoms with van der Waals surface area (Å²) in [5.74, 6) is 1.92. The van der Waals surface area contributed by atoms with E-state index in [4.69, 9.17) is 14.2 Å². The molecule has 2 rings (SSSR count). The van der Waals surface area contributed by atoms with Crippen LogP contribution in [0.4, 0.5) is 0 Å². The Labute approximate surface area is 144 Å². The van der Waals surface area contributed by atoms with Crippen LogP contribution in [0.1, 0.15) is 37.5 Å². The molecule has 2 aromatic carbocycles. The van der Waals surface area contributed by atoms with Crippen molar-refractivity contribution in [3.63, 3.8) is 0 Å². The lowest BCUT2D eigenvalue weighted by Crippen LogP contribution is -2.10. The Morgan fingerprint density at radius 1 is 0.708 bits per heavy atom. The molecule has 0 fully saturated rings. The number of rotatable bonds is 5. The van der Waals surface area contributed by atoms with E-state index in [-0.39, 0.29) is 5.41 Å². The molecule has 128 valence electrons. The van der Waals surface area contributed by atoms with Crippen LogP contribution in [0.25, 0.3) is 12.2 Å². The Kier molecular flexibility index (Phi) is 5.55. The summed E-state index contributed by atoms with van der Waals surface area (Å²) in [4.78, 5) is 0. The molecule has 0 unspecified atom stereocenters. The molecule has 0 saturated carbocycles. The van der Waals surface area contributed by atoms with Gasteiger partial charge in [0.05, 0.1) is 21.3 Å². The Hall–Kier alpha value is -2.42. The van der Waals surface area contributed by atoms with E-state index in [1.807, 2.05) is 18.2 Å². The third-order valence-corrected chi connectivity index (χ3v) is 3.97. The van der Waals surface area contributed by atoms with Gasteiger partial charge in [0.2, 0.25) is 5.75 Å². The molecule has 3 heteroatoms. The minimum atomic E-state index is 0.162. The summed E-state index contributed by atoms with van der Waals surface area (Å²) in [6.45, 7) is 6.64. The summed E-state index contributed by atoms with van der Waals surface area (Å²) in [7, 11) is 4.86. The van der Waals surface area contributed by atoms with Crippen LogP contribution in [-0.2, 0) is 5.41 Å². The van der Waals surface area contributed by atoms with Crippen molar-refractivity contribution in [2.45, 2.75) is 26.2 Å². The predicted octanol–water partition coefficient (Wildman–Crippen LogP) is 5.18. The van der Waals surface area contributed by atoms with Gasteiger partial charge in [0.25, 0.3) is 0 Å². The topological polar surface area (TPSA) is 27.7 Å². The van der Waals surface area contributed by atoms with E-state index in [2.05, 4.69) is 51.1 Å². The number of methoxy groups -OCH3 is 3. The maximum Gasteiger partial charge on any atom is 0.203 e. The number of ether oxygens (including phenoxy) is 3. The molecule has 24 heavy (non-hydrogen) atoms. The standard InChI is InChI=1S/C21H26O3/c1-21(2,3)17-12-8-15(9-13-17)7-10-16-11-14-18(22-4)20(24-6)19(16)23-5/h7-14H,1-6H3. The minimum absolute atomic E-state index is 0.162. The molecule has 0 radical (unpaired) electrons. The van der Waals surface area contributed by atoms with Crippen LogP contribution in [0.3, 0.4) is 0 Å². The average Bonchev–Trinajstić information content (AvgIpc) is 2.58. The summed E-state index contributed by atoms with van der Waals surface area (Å²) < 4.78 is 16.2. The van der Waals surface area contributed by atoms with Crippen LogP contribution in [0.5, 0.6) is 17.2 Å². The van der Waals surface area contributed by atoms with Gasteiger partial charge in [-0.25, -0.2) is 0 Å². The predicted molar refractivity (Wildman–Crippen MR) is 100 cm³/mol. The zero-order valence-electron chi connectivity index (χ0n) is 15.3. The van der Waals surface area contributed by atoms with Gasteiger partial charge in [0, 0.05) is 5.56 Å². The molecule has 0 spiro atoms. The minimum Gasteiger partial charge on any atom is -0.493 e. The quantitative estimate of drug-likeness (QED) is 0.709. The molecular weight excluding hydrogens is 300 g/mol. The van der Waals surface area contributed by atoms with Gasteiger partial charge in [0.15, 0.2) is 11.5 Å². The van der Waals surface area contributed by atoms with E-state index < -0.39 is 0 Å². The number of benzene rings is 2. The normalized spacial score (nSPS) is 11.6.